The van der Waals surface area contributed by atoms with Gasteiger partial charge in [0.2, 0.25) is 5.91 Å². The molecule has 7 nitrogen and oxygen atoms in total. The molecule has 3 aromatic rings. The average Bonchev–Trinajstić information content (AvgIpc) is 3.33. The van der Waals surface area contributed by atoms with Crippen molar-refractivity contribution in [3.05, 3.63) is 52.0 Å². The van der Waals surface area contributed by atoms with E-state index in [1.165, 1.54) is 22.7 Å². The predicted molar refractivity (Wildman–Crippen MR) is 111 cm³/mol. The van der Waals surface area contributed by atoms with Crippen LogP contribution in [0.5, 0.6) is 0 Å². The van der Waals surface area contributed by atoms with Gasteiger partial charge in [0.1, 0.15) is 5.01 Å². The van der Waals surface area contributed by atoms with E-state index >= 15 is 0 Å². The fraction of sp³-hybridized carbons (Fsp3) is 0.350. The number of carbonyl (C=O) groups is 1. The first-order valence-electron chi connectivity index (χ1n) is 9.29. The van der Waals surface area contributed by atoms with Crippen LogP contribution in [0.25, 0.3) is 10.6 Å². The van der Waals surface area contributed by atoms with Gasteiger partial charge in [0.05, 0.1) is 42.2 Å². The van der Waals surface area contributed by atoms with E-state index in [2.05, 4.69) is 15.3 Å². The molecule has 1 aliphatic rings. The summed E-state index contributed by atoms with van der Waals surface area (Å²) in [6.45, 7) is 0.158. The number of ether oxygens (including phenoxy) is 1. The molecule has 0 atom stereocenters. The van der Waals surface area contributed by atoms with Gasteiger partial charge in [-0.1, -0.05) is 30.3 Å². The molecule has 0 saturated heterocycles. The molecule has 0 spiro atoms. The van der Waals surface area contributed by atoms with Gasteiger partial charge < -0.3 is 20.3 Å². The number of aliphatic hydroxyl groups excluding tert-OH is 2. The Hall–Kier alpha value is -2.17. The predicted octanol–water partition coefficient (Wildman–Crippen LogP) is 3.19. The van der Waals surface area contributed by atoms with Crippen molar-refractivity contribution in [1.29, 1.82) is 0 Å². The summed E-state index contributed by atoms with van der Waals surface area (Å²) in [6, 6.07) is 9.99. The maximum Gasteiger partial charge on any atom is 0.229 e. The van der Waals surface area contributed by atoms with Crippen LogP contribution in [0.1, 0.15) is 29.1 Å². The van der Waals surface area contributed by atoms with Gasteiger partial charge in [-0.15, -0.1) is 22.7 Å². The number of nitrogens with one attached hydrogen (secondary N) is 1. The molecule has 1 aliphatic carbocycles. The number of amides is 1. The standard InChI is InChI=1S/C20H21N3O4S2/c24-8-15-18(29-17(9-25)21-15)16-11-28-20(22-16)23-19(26)13-6-14(7-13)27-10-12-4-2-1-3-5-12/h1-5,11,13-14,24-25H,6-10H2,(H,22,23,26). The second-order valence-corrected chi connectivity index (χ2v) is 8.76. The highest BCUT2D eigenvalue weighted by Crippen LogP contribution is 2.35. The van der Waals surface area contributed by atoms with Crippen molar-refractivity contribution in [1.82, 2.24) is 9.97 Å². The van der Waals surface area contributed by atoms with Crippen LogP contribution < -0.4 is 5.32 Å². The van der Waals surface area contributed by atoms with Crippen molar-refractivity contribution in [3.63, 3.8) is 0 Å². The van der Waals surface area contributed by atoms with Gasteiger partial charge in [-0.25, -0.2) is 9.97 Å². The minimum absolute atomic E-state index is 0.0480. The second kappa shape index (κ2) is 9.10. The number of aliphatic hydroxyl groups is 2. The monoisotopic (exact) mass is 431 g/mol. The van der Waals surface area contributed by atoms with E-state index in [-0.39, 0.29) is 31.1 Å². The maximum absolute atomic E-state index is 12.5. The summed E-state index contributed by atoms with van der Waals surface area (Å²) in [5.74, 6) is -0.117. The smallest absolute Gasteiger partial charge is 0.229 e. The molecule has 2 heterocycles. The molecule has 1 aromatic carbocycles. The van der Waals surface area contributed by atoms with Gasteiger partial charge in [-0.3, -0.25) is 4.79 Å². The molecule has 29 heavy (non-hydrogen) atoms. The highest BCUT2D eigenvalue weighted by Gasteiger charge is 2.35. The number of rotatable bonds is 8. The van der Waals surface area contributed by atoms with Crippen molar-refractivity contribution >= 4 is 33.7 Å². The molecular formula is C20H21N3O4S2. The van der Waals surface area contributed by atoms with E-state index in [4.69, 9.17) is 4.74 Å². The zero-order valence-corrected chi connectivity index (χ0v) is 17.2. The third kappa shape index (κ3) is 4.71. The number of benzene rings is 1. The van der Waals surface area contributed by atoms with Gasteiger partial charge in [-0.05, 0) is 18.4 Å². The molecule has 1 amide bonds. The number of aromatic nitrogens is 2. The molecular weight excluding hydrogens is 410 g/mol. The van der Waals surface area contributed by atoms with E-state index in [9.17, 15) is 15.0 Å². The Morgan fingerprint density at radius 1 is 1.17 bits per heavy atom. The second-order valence-electron chi connectivity index (χ2n) is 6.81. The van der Waals surface area contributed by atoms with Gasteiger partial charge >= 0.3 is 0 Å². The van der Waals surface area contributed by atoms with Crippen molar-refractivity contribution in [2.75, 3.05) is 5.32 Å². The minimum atomic E-state index is -0.225. The number of hydrogen-bond acceptors (Lipinski definition) is 8. The maximum atomic E-state index is 12.5. The average molecular weight is 432 g/mol. The summed E-state index contributed by atoms with van der Waals surface area (Å²) in [4.78, 5) is 21.8. The molecule has 0 unspecified atom stereocenters. The molecule has 4 rings (SSSR count). The number of thiazole rings is 2. The molecule has 1 saturated carbocycles. The fourth-order valence-corrected chi connectivity index (χ4v) is 4.79. The Morgan fingerprint density at radius 3 is 2.69 bits per heavy atom. The SMILES string of the molecule is O=C(Nc1nc(-c2sc(CO)nc2CO)cs1)C1CC(OCc2ccccc2)C1. The first-order chi connectivity index (χ1) is 14.2. The molecule has 152 valence electrons. The fourth-order valence-electron chi connectivity index (χ4n) is 3.12. The zero-order valence-electron chi connectivity index (χ0n) is 15.6. The van der Waals surface area contributed by atoms with Crippen LogP contribution in [-0.2, 0) is 29.4 Å². The largest absolute Gasteiger partial charge is 0.390 e. The van der Waals surface area contributed by atoms with Crippen LogP contribution in [0.2, 0.25) is 0 Å². The lowest BCUT2D eigenvalue weighted by Crippen LogP contribution is -2.39. The minimum Gasteiger partial charge on any atom is -0.390 e. The molecule has 1 fully saturated rings. The van der Waals surface area contributed by atoms with E-state index in [1.807, 2.05) is 35.7 Å². The quantitative estimate of drug-likeness (QED) is 0.506. The summed E-state index contributed by atoms with van der Waals surface area (Å²) in [5, 5.41) is 24.4. The van der Waals surface area contributed by atoms with Crippen LogP contribution in [0.3, 0.4) is 0 Å². The normalized spacial score (nSPS) is 18.4. The highest BCUT2D eigenvalue weighted by atomic mass is 32.1. The van der Waals surface area contributed by atoms with Crippen LogP contribution in [0.15, 0.2) is 35.7 Å². The number of nitrogens with zero attached hydrogens (tertiary/aromatic N) is 2. The van der Waals surface area contributed by atoms with E-state index in [1.54, 1.807) is 0 Å². The summed E-state index contributed by atoms with van der Waals surface area (Å²) in [5.41, 5.74) is 2.26. The lowest BCUT2D eigenvalue weighted by atomic mass is 9.81. The third-order valence-electron chi connectivity index (χ3n) is 4.79. The van der Waals surface area contributed by atoms with Gasteiger partial charge in [0.25, 0.3) is 0 Å². The van der Waals surface area contributed by atoms with Gasteiger partial charge in [0.15, 0.2) is 5.13 Å². The van der Waals surface area contributed by atoms with Gasteiger partial charge in [-0.2, -0.15) is 0 Å². The summed E-state index contributed by atoms with van der Waals surface area (Å²) in [7, 11) is 0. The van der Waals surface area contributed by atoms with Crippen LogP contribution in [-0.4, -0.2) is 32.2 Å². The zero-order chi connectivity index (χ0) is 20.2. The Bertz CT molecular complexity index is 967. The van der Waals surface area contributed by atoms with Gasteiger partial charge in [0, 0.05) is 11.3 Å². The first kappa shape index (κ1) is 20.1. The Morgan fingerprint density at radius 2 is 1.97 bits per heavy atom. The molecule has 0 bridgehead atoms. The first-order valence-corrected chi connectivity index (χ1v) is 11.0. The molecule has 0 radical (unpaired) electrons. The van der Waals surface area contributed by atoms with E-state index < -0.39 is 0 Å². The van der Waals surface area contributed by atoms with E-state index in [0.29, 0.717) is 45.9 Å². The van der Waals surface area contributed by atoms with Crippen molar-refractivity contribution in [3.8, 4) is 10.6 Å². The highest BCUT2D eigenvalue weighted by molar-refractivity contribution is 7.17. The van der Waals surface area contributed by atoms with Crippen LogP contribution in [0, 0.1) is 5.92 Å². The lowest BCUT2D eigenvalue weighted by molar-refractivity contribution is -0.129. The summed E-state index contributed by atoms with van der Waals surface area (Å²) < 4.78 is 5.85. The molecule has 9 heteroatoms. The number of carbonyl (C=O) groups excluding carboxylic acids is 1. The van der Waals surface area contributed by atoms with E-state index in [0.717, 1.165) is 5.56 Å². The van der Waals surface area contributed by atoms with Crippen molar-refractivity contribution in [2.45, 2.75) is 38.8 Å². The summed E-state index contributed by atoms with van der Waals surface area (Å²) >= 11 is 2.62. The Kier molecular flexibility index (Phi) is 6.31. The third-order valence-corrected chi connectivity index (χ3v) is 6.65. The Balaban J connectivity index is 1.28. The topological polar surface area (TPSA) is 105 Å². The molecule has 3 N–H and O–H groups in total. The van der Waals surface area contributed by atoms with Crippen molar-refractivity contribution < 1.29 is 19.7 Å². The number of hydrogen-bond donors (Lipinski definition) is 3. The lowest BCUT2D eigenvalue weighted by Gasteiger charge is -2.33. The van der Waals surface area contributed by atoms with Crippen molar-refractivity contribution in [2.24, 2.45) is 5.92 Å². The molecule has 0 aliphatic heterocycles. The Labute approximate surface area is 176 Å². The molecule has 2 aromatic heterocycles. The number of anilines is 1. The summed E-state index contributed by atoms with van der Waals surface area (Å²) in [6.07, 6.45) is 1.53. The van der Waals surface area contributed by atoms with Crippen LogP contribution in [0.4, 0.5) is 5.13 Å². The van der Waals surface area contributed by atoms with Crippen LogP contribution >= 0.6 is 22.7 Å².